The van der Waals surface area contributed by atoms with E-state index >= 15 is 0 Å². The van der Waals surface area contributed by atoms with E-state index < -0.39 is 0 Å². The zero-order valence-corrected chi connectivity index (χ0v) is 14.2. The number of methoxy groups -OCH3 is 1. The predicted octanol–water partition coefficient (Wildman–Crippen LogP) is 0.806. The van der Waals surface area contributed by atoms with Gasteiger partial charge in [0.15, 0.2) is 12.3 Å². The zero-order valence-electron chi connectivity index (χ0n) is 13.5. The second kappa shape index (κ2) is 7.60. The molecule has 0 atom stereocenters. The minimum atomic E-state index is -0.126. The van der Waals surface area contributed by atoms with Gasteiger partial charge in [-0.05, 0) is 35.9 Å². The fraction of sp³-hybridized carbons (Fsp3) is 0.316. The Hall–Kier alpha value is -1.87. The number of halogens is 2. The molecule has 1 aliphatic heterocycles. The fourth-order valence-corrected chi connectivity index (χ4v) is 3.17. The summed E-state index contributed by atoms with van der Waals surface area (Å²) in [6.07, 6.45) is 1.90. The standard InChI is InChI=1S/C19H21FNO.ClH/c1-3-19-17-9-8-16(22-2)12-14(17)10-11-21(19)13-15-6-4-5-7-18(15)20;/h4-9,12H,3,10-11,13H2,1-2H3;1H/q+1;/p-1. The van der Waals surface area contributed by atoms with Crippen LogP contribution >= 0.6 is 0 Å². The highest BCUT2D eigenvalue weighted by Crippen LogP contribution is 2.24. The smallest absolute Gasteiger partial charge is 0.183 e. The number of rotatable bonds is 4. The maximum absolute atomic E-state index is 13.9. The molecule has 2 aromatic rings. The normalized spacial score (nSPS) is 13.3. The highest BCUT2D eigenvalue weighted by atomic mass is 35.5. The van der Waals surface area contributed by atoms with Gasteiger partial charge in [0.05, 0.1) is 12.7 Å². The van der Waals surface area contributed by atoms with Crippen molar-refractivity contribution in [1.82, 2.24) is 0 Å². The molecule has 3 rings (SSSR count). The lowest BCUT2D eigenvalue weighted by Gasteiger charge is -2.19. The van der Waals surface area contributed by atoms with Crippen molar-refractivity contribution in [3.05, 3.63) is 65.0 Å². The first-order valence-corrected chi connectivity index (χ1v) is 7.74. The van der Waals surface area contributed by atoms with Gasteiger partial charge in [-0.3, -0.25) is 0 Å². The monoisotopic (exact) mass is 333 g/mol. The molecule has 0 amide bonds. The SMILES string of the molecule is CCC1=[N+](Cc2ccccc2F)CCc2cc(OC)ccc21.[Cl-]. The molecular formula is C19H21ClFNO. The Labute approximate surface area is 143 Å². The summed E-state index contributed by atoms with van der Waals surface area (Å²) in [6.45, 7) is 3.70. The fourth-order valence-electron chi connectivity index (χ4n) is 3.17. The zero-order chi connectivity index (χ0) is 15.5. The molecule has 0 aliphatic carbocycles. The average Bonchev–Trinajstić information content (AvgIpc) is 2.56. The number of ether oxygens (including phenoxy) is 1. The first kappa shape index (κ1) is 17.5. The summed E-state index contributed by atoms with van der Waals surface area (Å²) in [5.41, 5.74) is 4.63. The lowest BCUT2D eigenvalue weighted by atomic mass is 9.94. The summed E-state index contributed by atoms with van der Waals surface area (Å²) in [5.74, 6) is 0.773. The summed E-state index contributed by atoms with van der Waals surface area (Å²) >= 11 is 0. The van der Waals surface area contributed by atoms with Gasteiger partial charge in [0.25, 0.3) is 0 Å². The van der Waals surface area contributed by atoms with E-state index in [1.807, 2.05) is 18.2 Å². The van der Waals surface area contributed by atoms with E-state index in [1.165, 1.54) is 22.9 Å². The quantitative estimate of drug-likeness (QED) is 0.754. The van der Waals surface area contributed by atoms with E-state index in [0.29, 0.717) is 6.54 Å². The van der Waals surface area contributed by atoms with E-state index in [4.69, 9.17) is 4.74 Å². The summed E-state index contributed by atoms with van der Waals surface area (Å²) in [7, 11) is 1.69. The first-order valence-electron chi connectivity index (χ1n) is 7.74. The molecule has 0 N–H and O–H groups in total. The van der Waals surface area contributed by atoms with Crippen LogP contribution < -0.4 is 17.1 Å². The number of nitrogens with zero attached hydrogens (tertiary/aromatic N) is 1. The van der Waals surface area contributed by atoms with Gasteiger partial charge < -0.3 is 17.1 Å². The maximum Gasteiger partial charge on any atom is 0.183 e. The molecule has 4 heteroatoms. The van der Waals surface area contributed by atoms with Crippen LogP contribution in [0.25, 0.3) is 0 Å². The summed E-state index contributed by atoms with van der Waals surface area (Å²) < 4.78 is 21.5. The second-order valence-corrected chi connectivity index (χ2v) is 5.59. The molecule has 0 saturated carbocycles. The third-order valence-corrected chi connectivity index (χ3v) is 4.31. The first-order chi connectivity index (χ1) is 10.7. The Morgan fingerprint density at radius 3 is 2.65 bits per heavy atom. The van der Waals surface area contributed by atoms with Crippen molar-refractivity contribution in [3.8, 4) is 5.75 Å². The van der Waals surface area contributed by atoms with Crippen molar-refractivity contribution in [3.63, 3.8) is 0 Å². The highest BCUT2D eigenvalue weighted by Gasteiger charge is 2.25. The molecule has 122 valence electrons. The van der Waals surface area contributed by atoms with E-state index in [1.54, 1.807) is 13.2 Å². The van der Waals surface area contributed by atoms with Crippen molar-refractivity contribution < 1.29 is 26.1 Å². The second-order valence-electron chi connectivity index (χ2n) is 5.59. The van der Waals surface area contributed by atoms with Crippen molar-refractivity contribution in [2.45, 2.75) is 26.3 Å². The lowest BCUT2D eigenvalue weighted by molar-refractivity contribution is -0.546. The van der Waals surface area contributed by atoms with Gasteiger partial charge in [0, 0.05) is 18.4 Å². The summed E-state index contributed by atoms with van der Waals surface area (Å²) in [5, 5.41) is 0. The Morgan fingerprint density at radius 1 is 1.17 bits per heavy atom. The number of fused-ring (bicyclic) bond motifs is 1. The topological polar surface area (TPSA) is 12.2 Å². The van der Waals surface area contributed by atoms with Crippen LogP contribution in [0.2, 0.25) is 0 Å². The minimum Gasteiger partial charge on any atom is -1.00 e. The van der Waals surface area contributed by atoms with Gasteiger partial charge in [-0.15, -0.1) is 0 Å². The Bertz CT molecular complexity index is 727. The van der Waals surface area contributed by atoms with Gasteiger partial charge >= 0.3 is 0 Å². The predicted molar refractivity (Wildman–Crippen MR) is 86.3 cm³/mol. The van der Waals surface area contributed by atoms with Crippen LogP contribution in [0.5, 0.6) is 5.75 Å². The molecule has 0 radical (unpaired) electrons. The van der Waals surface area contributed by atoms with Gasteiger partial charge in [-0.2, -0.15) is 0 Å². The van der Waals surface area contributed by atoms with Crippen LogP contribution in [0.15, 0.2) is 42.5 Å². The summed E-state index contributed by atoms with van der Waals surface area (Å²) in [6, 6.07) is 13.3. The van der Waals surface area contributed by atoms with Crippen LogP contribution in [-0.4, -0.2) is 23.9 Å². The maximum atomic E-state index is 13.9. The van der Waals surface area contributed by atoms with Crippen LogP contribution in [0.1, 0.15) is 30.0 Å². The van der Waals surface area contributed by atoms with Gasteiger partial charge in [-0.25, -0.2) is 8.97 Å². The molecule has 0 fully saturated rings. The van der Waals surface area contributed by atoms with Gasteiger partial charge in [0.2, 0.25) is 0 Å². The van der Waals surface area contributed by atoms with E-state index in [0.717, 1.165) is 30.7 Å². The highest BCUT2D eigenvalue weighted by molar-refractivity contribution is 5.98. The van der Waals surface area contributed by atoms with Crippen LogP contribution in [0.4, 0.5) is 4.39 Å². The van der Waals surface area contributed by atoms with Crippen molar-refractivity contribution >= 4 is 5.71 Å². The van der Waals surface area contributed by atoms with Crippen LogP contribution in [0.3, 0.4) is 0 Å². The molecule has 1 heterocycles. The molecular weight excluding hydrogens is 313 g/mol. The largest absolute Gasteiger partial charge is 1.00 e. The molecule has 0 spiro atoms. The Balaban J connectivity index is 0.00000192. The van der Waals surface area contributed by atoms with E-state index in [2.05, 4.69) is 23.6 Å². The van der Waals surface area contributed by atoms with Gasteiger partial charge in [-0.1, -0.05) is 19.1 Å². The number of benzene rings is 2. The average molecular weight is 334 g/mol. The van der Waals surface area contributed by atoms with Crippen molar-refractivity contribution in [2.75, 3.05) is 13.7 Å². The van der Waals surface area contributed by atoms with E-state index in [-0.39, 0.29) is 18.2 Å². The van der Waals surface area contributed by atoms with Crippen molar-refractivity contribution in [1.29, 1.82) is 0 Å². The minimum absolute atomic E-state index is 0. The molecule has 0 unspecified atom stereocenters. The third kappa shape index (κ3) is 3.56. The molecule has 2 nitrogen and oxygen atoms in total. The molecule has 2 aromatic carbocycles. The molecule has 0 bridgehead atoms. The third-order valence-electron chi connectivity index (χ3n) is 4.31. The van der Waals surface area contributed by atoms with Crippen molar-refractivity contribution in [2.24, 2.45) is 0 Å². The summed E-state index contributed by atoms with van der Waals surface area (Å²) in [4.78, 5) is 0. The van der Waals surface area contributed by atoms with E-state index in [9.17, 15) is 4.39 Å². The molecule has 23 heavy (non-hydrogen) atoms. The Kier molecular flexibility index (Phi) is 5.78. The van der Waals surface area contributed by atoms with Crippen LogP contribution in [0, 0.1) is 5.82 Å². The Morgan fingerprint density at radius 2 is 1.96 bits per heavy atom. The van der Waals surface area contributed by atoms with Crippen LogP contribution in [-0.2, 0) is 13.0 Å². The molecule has 0 aromatic heterocycles. The van der Waals surface area contributed by atoms with Gasteiger partial charge in [0.1, 0.15) is 18.1 Å². The lowest BCUT2D eigenvalue weighted by Crippen LogP contribution is -3.00. The molecule has 0 saturated heterocycles. The number of hydrogen-bond donors (Lipinski definition) is 0. The molecule has 1 aliphatic rings. The number of hydrogen-bond acceptors (Lipinski definition) is 1.